The molecule has 0 aliphatic carbocycles. The average molecular weight is 457 g/mol. The number of nitrogens with zero attached hydrogens (tertiary/aromatic N) is 3. The lowest BCUT2D eigenvalue weighted by Crippen LogP contribution is -2.48. The minimum absolute atomic E-state index is 0.0958. The van der Waals surface area contributed by atoms with Gasteiger partial charge >= 0.3 is 0 Å². The number of carbonyl (C=O) groups is 1. The van der Waals surface area contributed by atoms with Crippen molar-refractivity contribution in [1.82, 2.24) is 20.1 Å². The summed E-state index contributed by atoms with van der Waals surface area (Å²) in [7, 11) is 0. The molecule has 2 aliphatic heterocycles. The fourth-order valence-corrected chi connectivity index (χ4v) is 4.57. The van der Waals surface area contributed by atoms with Crippen molar-refractivity contribution < 1.29 is 18.7 Å². The number of ether oxygens (including phenoxy) is 2. The molecule has 7 nitrogen and oxygen atoms in total. The van der Waals surface area contributed by atoms with Crippen LogP contribution in [0.5, 0.6) is 5.75 Å². The molecule has 8 heteroatoms. The Kier molecular flexibility index (Phi) is 8.63. The van der Waals surface area contributed by atoms with Crippen LogP contribution in [-0.4, -0.2) is 79.8 Å². The minimum atomic E-state index is -0.312. The molecular formula is C25H33FN4O3. The van der Waals surface area contributed by atoms with Crippen molar-refractivity contribution in [1.29, 1.82) is 0 Å². The second-order valence-electron chi connectivity index (χ2n) is 8.86. The van der Waals surface area contributed by atoms with Gasteiger partial charge in [0.2, 0.25) is 5.91 Å². The average Bonchev–Trinajstić information content (AvgIpc) is 2.84. The Morgan fingerprint density at radius 2 is 1.97 bits per heavy atom. The maximum Gasteiger partial charge on any atom is 0.224 e. The molecule has 2 atom stereocenters. The van der Waals surface area contributed by atoms with Crippen LogP contribution in [0, 0.1) is 17.7 Å². The van der Waals surface area contributed by atoms with Gasteiger partial charge in [0.15, 0.2) is 0 Å². The van der Waals surface area contributed by atoms with E-state index in [1.165, 1.54) is 17.7 Å². The SMILES string of the molecule is O=C(NCCN1CCOCC1)[C@@H]1C[C@H](COc2cccc(F)c2)CN(Cc2ccncc2)C1. The van der Waals surface area contributed by atoms with Crippen LogP contribution >= 0.6 is 0 Å². The maximum atomic E-state index is 13.5. The number of nitrogens with one attached hydrogen (secondary N) is 1. The maximum absolute atomic E-state index is 13.5. The third kappa shape index (κ3) is 7.48. The third-order valence-corrected chi connectivity index (χ3v) is 6.25. The molecule has 0 unspecified atom stereocenters. The van der Waals surface area contributed by atoms with Crippen molar-refractivity contribution in [3.05, 3.63) is 60.2 Å². The molecule has 0 bridgehead atoms. The molecule has 0 spiro atoms. The van der Waals surface area contributed by atoms with E-state index < -0.39 is 0 Å². The zero-order chi connectivity index (χ0) is 22.9. The summed E-state index contributed by atoms with van der Waals surface area (Å²) in [4.78, 5) is 21.7. The van der Waals surface area contributed by atoms with Crippen LogP contribution in [0.2, 0.25) is 0 Å². The first-order valence-corrected chi connectivity index (χ1v) is 11.7. The van der Waals surface area contributed by atoms with Gasteiger partial charge in [-0.15, -0.1) is 0 Å². The van der Waals surface area contributed by atoms with Crippen LogP contribution < -0.4 is 10.1 Å². The normalized spacial score (nSPS) is 22.1. The Morgan fingerprint density at radius 1 is 1.15 bits per heavy atom. The van der Waals surface area contributed by atoms with Gasteiger partial charge in [0.05, 0.1) is 25.7 Å². The fourth-order valence-electron chi connectivity index (χ4n) is 4.57. The monoisotopic (exact) mass is 456 g/mol. The predicted molar refractivity (Wildman–Crippen MR) is 123 cm³/mol. The number of amides is 1. The highest BCUT2D eigenvalue weighted by atomic mass is 19.1. The summed E-state index contributed by atoms with van der Waals surface area (Å²) >= 11 is 0. The Balaban J connectivity index is 1.33. The molecule has 1 aromatic heterocycles. The molecule has 2 saturated heterocycles. The van der Waals surface area contributed by atoms with E-state index >= 15 is 0 Å². The summed E-state index contributed by atoms with van der Waals surface area (Å²) in [5.41, 5.74) is 1.17. The van der Waals surface area contributed by atoms with Crippen molar-refractivity contribution in [3.8, 4) is 5.75 Å². The summed E-state index contributed by atoms with van der Waals surface area (Å²) in [5, 5.41) is 3.14. The molecule has 1 amide bonds. The number of rotatable bonds is 9. The molecule has 1 aromatic carbocycles. The lowest BCUT2D eigenvalue weighted by molar-refractivity contribution is -0.127. The van der Waals surface area contributed by atoms with Crippen molar-refractivity contribution in [3.63, 3.8) is 0 Å². The summed E-state index contributed by atoms with van der Waals surface area (Å²) < 4.78 is 24.8. The van der Waals surface area contributed by atoms with Crippen molar-refractivity contribution >= 4 is 5.91 Å². The van der Waals surface area contributed by atoms with E-state index in [4.69, 9.17) is 9.47 Å². The number of morpholine rings is 1. The molecule has 178 valence electrons. The molecule has 2 aromatic rings. The van der Waals surface area contributed by atoms with Gasteiger partial charge in [-0.2, -0.15) is 0 Å². The van der Waals surface area contributed by atoms with Gasteiger partial charge in [-0.05, 0) is 36.2 Å². The molecule has 1 N–H and O–H groups in total. The van der Waals surface area contributed by atoms with Crippen LogP contribution in [0.3, 0.4) is 0 Å². The lowest BCUT2D eigenvalue weighted by atomic mass is 9.88. The number of benzene rings is 1. The number of likely N-dealkylation sites (tertiary alicyclic amines) is 1. The summed E-state index contributed by atoms with van der Waals surface area (Å²) in [6.07, 6.45) is 4.34. The third-order valence-electron chi connectivity index (χ3n) is 6.25. The van der Waals surface area contributed by atoms with Crippen LogP contribution in [0.25, 0.3) is 0 Å². The van der Waals surface area contributed by atoms with Crippen molar-refractivity contribution in [2.45, 2.75) is 13.0 Å². The van der Waals surface area contributed by atoms with E-state index in [1.807, 2.05) is 12.1 Å². The summed E-state index contributed by atoms with van der Waals surface area (Å²) in [5.74, 6) is 0.379. The van der Waals surface area contributed by atoms with E-state index in [9.17, 15) is 9.18 Å². The fraction of sp³-hybridized carbons (Fsp3) is 0.520. The van der Waals surface area contributed by atoms with E-state index in [0.717, 1.165) is 52.4 Å². The zero-order valence-electron chi connectivity index (χ0n) is 19.0. The predicted octanol–water partition coefficient (Wildman–Crippen LogP) is 2.19. The molecule has 33 heavy (non-hydrogen) atoms. The highest BCUT2D eigenvalue weighted by Gasteiger charge is 2.32. The van der Waals surface area contributed by atoms with Gasteiger partial charge in [0, 0.05) is 70.2 Å². The van der Waals surface area contributed by atoms with Gasteiger partial charge in [0.25, 0.3) is 0 Å². The number of aromatic nitrogens is 1. The Morgan fingerprint density at radius 3 is 2.76 bits per heavy atom. The number of halogens is 1. The highest BCUT2D eigenvalue weighted by molar-refractivity contribution is 5.79. The van der Waals surface area contributed by atoms with Gasteiger partial charge in [-0.3, -0.25) is 19.6 Å². The first kappa shape index (κ1) is 23.6. The van der Waals surface area contributed by atoms with E-state index in [1.54, 1.807) is 24.5 Å². The minimum Gasteiger partial charge on any atom is -0.493 e. The Bertz CT molecular complexity index is 879. The number of carbonyl (C=O) groups excluding carboxylic acids is 1. The van der Waals surface area contributed by atoms with E-state index in [-0.39, 0.29) is 23.6 Å². The molecule has 3 heterocycles. The molecular weight excluding hydrogens is 423 g/mol. The lowest BCUT2D eigenvalue weighted by Gasteiger charge is -2.37. The van der Waals surface area contributed by atoms with Gasteiger partial charge in [-0.25, -0.2) is 4.39 Å². The number of hydrogen-bond acceptors (Lipinski definition) is 6. The topological polar surface area (TPSA) is 66.9 Å². The first-order valence-electron chi connectivity index (χ1n) is 11.7. The molecule has 2 fully saturated rings. The van der Waals surface area contributed by atoms with Crippen LogP contribution in [-0.2, 0) is 16.1 Å². The Labute approximate surface area is 194 Å². The number of piperidine rings is 1. The van der Waals surface area contributed by atoms with E-state index in [2.05, 4.69) is 20.1 Å². The summed E-state index contributed by atoms with van der Waals surface area (Å²) in [6, 6.07) is 10.2. The molecule has 2 aliphatic rings. The second-order valence-corrected chi connectivity index (χ2v) is 8.86. The van der Waals surface area contributed by atoms with Crippen molar-refractivity contribution in [2.24, 2.45) is 11.8 Å². The summed E-state index contributed by atoms with van der Waals surface area (Å²) in [6.45, 7) is 7.58. The standard InChI is InChI=1S/C25H33FN4O3/c26-23-2-1-3-24(15-23)33-19-21-14-22(18-30(17-21)16-20-4-6-27-7-5-20)25(31)28-8-9-29-10-12-32-13-11-29/h1-7,15,21-22H,8-14,16-19H2,(H,28,31)/t21-,22+/m0/s1. The van der Waals surface area contributed by atoms with Crippen molar-refractivity contribution in [2.75, 3.05) is 59.1 Å². The number of pyridine rings is 1. The van der Waals surface area contributed by atoms with Gasteiger partial charge in [0.1, 0.15) is 11.6 Å². The zero-order valence-corrected chi connectivity index (χ0v) is 19.0. The van der Waals surface area contributed by atoms with Gasteiger partial charge in [-0.1, -0.05) is 6.07 Å². The van der Waals surface area contributed by atoms with E-state index in [0.29, 0.717) is 25.4 Å². The van der Waals surface area contributed by atoms with Crippen LogP contribution in [0.1, 0.15) is 12.0 Å². The highest BCUT2D eigenvalue weighted by Crippen LogP contribution is 2.25. The second kappa shape index (κ2) is 12.1. The molecule has 0 saturated carbocycles. The van der Waals surface area contributed by atoms with Gasteiger partial charge < -0.3 is 14.8 Å². The molecule has 4 rings (SSSR count). The smallest absolute Gasteiger partial charge is 0.224 e. The van der Waals surface area contributed by atoms with Crippen LogP contribution in [0.4, 0.5) is 4.39 Å². The number of hydrogen-bond donors (Lipinski definition) is 1. The Hall–Kier alpha value is -2.55. The van der Waals surface area contributed by atoms with Crippen LogP contribution in [0.15, 0.2) is 48.8 Å². The largest absolute Gasteiger partial charge is 0.493 e. The quantitative estimate of drug-likeness (QED) is 0.624. The molecule has 0 radical (unpaired) electrons. The first-order chi connectivity index (χ1) is 16.2.